The van der Waals surface area contributed by atoms with Crippen LogP contribution < -0.4 is 18.9 Å². The molecule has 0 fully saturated rings. The fraction of sp³-hybridized carbons (Fsp3) is 0.120. The molecule has 156 valence electrons. The van der Waals surface area contributed by atoms with E-state index in [0.29, 0.717) is 39.7 Å². The summed E-state index contributed by atoms with van der Waals surface area (Å²) < 4.78 is 21.6. The molecular weight excluding hydrogens is 396 g/mol. The van der Waals surface area contributed by atoms with Gasteiger partial charge in [-0.15, -0.1) is 0 Å². The van der Waals surface area contributed by atoms with E-state index < -0.39 is 5.97 Å². The van der Waals surface area contributed by atoms with E-state index in [9.17, 15) is 9.59 Å². The van der Waals surface area contributed by atoms with Crippen LogP contribution in [-0.4, -0.2) is 26.0 Å². The molecule has 0 atom stereocenters. The van der Waals surface area contributed by atoms with Gasteiger partial charge >= 0.3 is 5.97 Å². The molecule has 0 aromatic heterocycles. The number of carbonyl (C=O) groups is 2. The first-order valence-electron chi connectivity index (χ1n) is 9.57. The highest BCUT2D eigenvalue weighted by atomic mass is 16.5. The fourth-order valence-corrected chi connectivity index (χ4v) is 3.31. The largest absolute Gasteiger partial charge is 0.497 e. The average Bonchev–Trinajstić information content (AvgIpc) is 3.09. The molecule has 0 saturated carbocycles. The van der Waals surface area contributed by atoms with Crippen LogP contribution in [0.2, 0.25) is 0 Å². The topological polar surface area (TPSA) is 71.1 Å². The Morgan fingerprint density at radius 1 is 0.903 bits per heavy atom. The van der Waals surface area contributed by atoms with Crippen molar-refractivity contribution in [3.05, 3.63) is 88.7 Å². The lowest BCUT2D eigenvalue weighted by molar-refractivity contribution is 0.0734. The average molecular weight is 416 g/mol. The molecule has 0 aliphatic carbocycles. The van der Waals surface area contributed by atoms with Crippen molar-refractivity contribution in [2.45, 2.75) is 6.92 Å². The third kappa shape index (κ3) is 4.14. The Labute approximate surface area is 179 Å². The number of methoxy groups -OCH3 is 2. The molecule has 1 aliphatic rings. The number of Topliss-reactive ketones (excluding diaryl/α,β-unsaturated/α-hetero) is 1. The fourth-order valence-electron chi connectivity index (χ4n) is 3.31. The number of esters is 1. The summed E-state index contributed by atoms with van der Waals surface area (Å²) in [6.45, 7) is 1.78. The highest BCUT2D eigenvalue weighted by molar-refractivity contribution is 6.15. The first-order chi connectivity index (χ1) is 15.0. The smallest absolute Gasteiger partial charge is 0.343 e. The van der Waals surface area contributed by atoms with Crippen molar-refractivity contribution in [1.82, 2.24) is 0 Å². The minimum Gasteiger partial charge on any atom is -0.497 e. The number of allylic oxidation sites excluding steroid dienone is 1. The van der Waals surface area contributed by atoms with E-state index in [-0.39, 0.29) is 11.5 Å². The number of benzene rings is 3. The van der Waals surface area contributed by atoms with Crippen LogP contribution >= 0.6 is 0 Å². The summed E-state index contributed by atoms with van der Waals surface area (Å²) in [5, 5.41) is 0. The molecule has 0 unspecified atom stereocenters. The van der Waals surface area contributed by atoms with Gasteiger partial charge in [0.15, 0.2) is 5.76 Å². The third-order valence-corrected chi connectivity index (χ3v) is 4.87. The number of hydrogen-bond acceptors (Lipinski definition) is 6. The number of ether oxygens (including phenoxy) is 4. The van der Waals surface area contributed by atoms with Crippen LogP contribution in [-0.2, 0) is 0 Å². The second-order valence-corrected chi connectivity index (χ2v) is 6.95. The summed E-state index contributed by atoms with van der Waals surface area (Å²) >= 11 is 0. The molecule has 6 heteroatoms. The lowest BCUT2D eigenvalue weighted by Gasteiger charge is -2.08. The van der Waals surface area contributed by atoms with Gasteiger partial charge in [-0.1, -0.05) is 12.1 Å². The van der Waals surface area contributed by atoms with Gasteiger partial charge in [0.25, 0.3) is 0 Å². The Morgan fingerprint density at radius 2 is 1.65 bits per heavy atom. The van der Waals surface area contributed by atoms with Crippen molar-refractivity contribution in [1.29, 1.82) is 0 Å². The second-order valence-electron chi connectivity index (χ2n) is 6.95. The summed E-state index contributed by atoms with van der Waals surface area (Å²) in [6, 6.07) is 17.1. The number of hydrogen-bond donors (Lipinski definition) is 0. The van der Waals surface area contributed by atoms with Crippen molar-refractivity contribution in [3.63, 3.8) is 0 Å². The highest BCUT2D eigenvalue weighted by Crippen LogP contribution is 2.38. The molecule has 31 heavy (non-hydrogen) atoms. The van der Waals surface area contributed by atoms with Crippen molar-refractivity contribution < 1.29 is 28.5 Å². The Balaban J connectivity index is 1.58. The van der Waals surface area contributed by atoms with E-state index in [1.54, 1.807) is 63.6 Å². The van der Waals surface area contributed by atoms with Gasteiger partial charge in [-0.25, -0.2) is 4.79 Å². The lowest BCUT2D eigenvalue weighted by atomic mass is 10.0. The Bertz CT molecular complexity index is 1190. The van der Waals surface area contributed by atoms with Gasteiger partial charge in [-0.3, -0.25) is 4.79 Å². The zero-order valence-corrected chi connectivity index (χ0v) is 17.3. The number of ketones is 1. The molecule has 1 aliphatic heterocycles. The molecule has 1 heterocycles. The third-order valence-electron chi connectivity index (χ3n) is 4.87. The van der Waals surface area contributed by atoms with Crippen LogP contribution in [0.1, 0.15) is 31.8 Å². The van der Waals surface area contributed by atoms with Crippen LogP contribution in [0.4, 0.5) is 0 Å². The molecule has 0 spiro atoms. The summed E-state index contributed by atoms with van der Waals surface area (Å²) in [6.07, 6.45) is 1.66. The van der Waals surface area contributed by atoms with E-state index in [0.717, 1.165) is 5.56 Å². The first kappa shape index (κ1) is 20.2. The number of rotatable bonds is 5. The molecule has 3 aromatic carbocycles. The molecule has 3 aromatic rings. The van der Waals surface area contributed by atoms with Crippen LogP contribution in [0, 0.1) is 6.92 Å². The van der Waals surface area contributed by atoms with E-state index in [4.69, 9.17) is 18.9 Å². The first-order valence-corrected chi connectivity index (χ1v) is 9.57. The Morgan fingerprint density at radius 3 is 2.35 bits per heavy atom. The van der Waals surface area contributed by atoms with Gasteiger partial charge in [0.1, 0.15) is 23.0 Å². The Hall–Kier alpha value is -4.06. The maximum atomic E-state index is 12.8. The van der Waals surface area contributed by atoms with Crippen molar-refractivity contribution in [2.24, 2.45) is 0 Å². The summed E-state index contributed by atoms with van der Waals surface area (Å²) in [5.74, 6) is 1.45. The second kappa shape index (κ2) is 8.36. The zero-order chi connectivity index (χ0) is 22.0. The van der Waals surface area contributed by atoms with Gasteiger partial charge in [-0.05, 0) is 66.6 Å². The quantitative estimate of drug-likeness (QED) is 0.336. The standard InChI is InChI=1S/C25H20O6/c1-15-11-20(30-25(27)17-7-9-18(28-2)10-8-17)14-21-23(15)24(26)22(31-21)13-16-5-4-6-19(12-16)29-3/h4-14H,1-3H3/b22-13-. The highest BCUT2D eigenvalue weighted by Gasteiger charge is 2.30. The summed E-state index contributed by atoms with van der Waals surface area (Å²) in [5.41, 5.74) is 2.28. The summed E-state index contributed by atoms with van der Waals surface area (Å²) in [7, 11) is 3.14. The molecule has 0 N–H and O–H groups in total. The van der Waals surface area contributed by atoms with E-state index in [1.165, 1.54) is 0 Å². The number of carbonyl (C=O) groups excluding carboxylic acids is 2. The van der Waals surface area contributed by atoms with Gasteiger partial charge in [-0.2, -0.15) is 0 Å². The van der Waals surface area contributed by atoms with Crippen molar-refractivity contribution >= 4 is 17.8 Å². The van der Waals surface area contributed by atoms with Crippen LogP contribution in [0.25, 0.3) is 6.08 Å². The predicted octanol–water partition coefficient (Wildman–Crippen LogP) is 4.85. The molecule has 6 nitrogen and oxygen atoms in total. The van der Waals surface area contributed by atoms with E-state index in [1.807, 2.05) is 24.3 Å². The minimum atomic E-state index is -0.515. The van der Waals surface area contributed by atoms with Gasteiger partial charge in [0.05, 0.1) is 25.3 Å². The monoisotopic (exact) mass is 416 g/mol. The van der Waals surface area contributed by atoms with Crippen molar-refractivity contribution in [3.8, 4) is 23.0 Å². The SMILES string of the molecule is COc1ccc(C(=O)Oc2cc(C)c3c(c2)O/C(=C\c2cccc(OC)c2)C3=O)cc1. The van der Waals surface area contributed by atoms with E-state index in [2.05, 4.69) is 0 Å². The van der Waals surface area contributed by atoms with Gasteiger partial charge < -0.3 is 18.9 Å². The number of fused-ring (bicyclic) bond motifs is 1. The van der Waals surface area contributed by atoms with E-state index >= 15 is 0 Å². The predicted molar refractivity (Wildman–Crippen MR) is 115 cm³/mol. The zero-order valence-electron chi connectivity index (χ0n) is 17.3. The van der Waals surface area contributed by atoms with Gasteiger partial charge in [0.2, 0.25) is 5.78 Å². The molecular formula is C25H20O6. The van der Waals surface area contributed by atoms with Crippen molar-refractivity contribution in [2.75, 3.05) is 14.2 Å². The maximum absolute atomic E-state index is 12.8. The summed E-state index contributed by atoms with van der Waals surface area (Å²) in [4.78, 5) is 25.3. The molecule has 0 saturated heterocycles. The van der Waals surface area contributed by atoms with Crippen LogP contribution in [0.15, 0.2) is 66.4 Å². The molecule has 0 bridgehead atoms. The molecule has 0 amide bonds. The van der Waals surface area contributed by atoms with Gasteiger partial charge in [0, 0.05) is 6.07 Å². The minimum absolute atomic E-state index is 0.199. The van der Waals surface area contributed by atoms with Crippen LogP contribution in [0.3, 0.4) is 0 Å². The lowest BCUT2D eigenvalue weighted by Crippen LogP contribution is -2.08. The normalized spacial score (nSPS) is 13.5. The maximum Gasteiger partial charge on any atom is 0.343 e. The molecule has 4 rings (SSSR count). The Kier molecular flexibility index (Phi) is 5.45. The van der Waals surface area contributed by atoms with Crippen LogP contribution in [0.5, 0.6) is 23.0 Å². The number of aryl methyl sites for hydroxylation is 1. The molecule has 0 radical (unpaired) electrons.